The first-order valence-corrected chi connectivity index (χ1v) is 8.26. The maximum Gasteiger partial charge on any atom is 0.261 e. The predicted molar refractivity (Wildman–Crippen MR) is 86.8 cm³/mol. The summed E-state index contributed by atoms with van der Waals surface area (Å²) in [4.78, 5) is 0.129. The number of sulfonamides is 1. The molecule has 0 aliphatic heterocycles. The van der Waals surface area contributed by atoms with Gasteiger partial charge in [0, 0.05) is 0 Å². The van der Waals surface area contributed by atoms with Gasteiger partial charge in [0.05, 0.1) is 16.3 Å². The van der Waals surface area contributed by atoms with Crippen molar-refractivity contribution in [2.24, 2.45) is 0 Å². The highest BCUT2D eigenvalue weighted by atomic mass is 32.2. The zero-order valence-corrected chi connectivity index (χ0v) is 13.5. The Hall–Kier alpha value is -2.08. The average molecular weight is 322 g/mol. The third kappa shape index (κ3) is 3.57. The third-order valence-electron chi connectivity index (χ3n) is 3.29. The van der Waals surface area contributed by atoms with Crippen molar-refractivity contribution < 1.29 is 12.8 Å². The number of benzene rings is 2. The maximum absolute atomic E-state index is 13.0. The van der Waals surface area contributed by atoms with Crippen molar-refractivity contribution in [2.45, 2.75) is 31.1 Å². The Labute approximate surface area is 130 Å². The fourth-order valence-electron chi connectivity index (χ4n) is 1.96. The van der Waals surface area contributed by atoms with Crippen LogP contribution in [0.1, 0.15) is 26.3 Å². The molecule has 0 amide bonds. The second-order valence-electron chi connectivity index (χ2n) is 6.11. The Morgan fingerprint density at radius 2 is 1.64 bits per heavy atom. The fraction of sp³-hybridized carbons (Fsp3) is 0.250. The molecule has 0 saturated carbocycles. The van der Waals surface area contributed by atoms with Gasteiger partial charge in [0.15, 0.2) is 0 Å². The molecule has 0 spiro atoms. The van der Waals surface area contributed by atoms with Crippen molar-refractivity contribution in [1.82, 2.24) is 0 Å². The van der Waals surface area contributed by atoms with Crippen molar-refractivity contribution in [3.63, 3.8) is 0 Å². The highest BCUT2D eigenvalue weighted by Gasteiger charge is 2.18. The number of anilines is 2. The van der Waals surface area contributed by atoms with Crippen molar-refractivity contribution in [2.75, 3.05) is 10.5 Å². The van der Waals surface area contributed by atoms with E-state index >= 15 is 0 Å². The third-order valence-corrected chi connectivity index (χ3v) is 4.67. The van der Waals surface area contributed by atoms with Gasteiger partial charge in [0.2, 0.25) is 0 Å². The zero-order chi connectivity index (χ0) is 16.5. The summed E-state index contributed by atoms with van der Waals surface area (Å²) < 4.78 is 40.0. The van der Waals surface area contributed by atoms with Crippen molar-refractivity contribution in [3.8, 4) is 0 Å². The Morgan fingerprint density at radius 3 is 2.14 bits per heavy atom. The molecular formula is C16H19FN2O2S. The topological polar surface area (TPSA) is 72.2 Å². The van der Waals surface area contributed by atoms with E-state index in [-0.39, 0.29) is 21.7 Å². The molecule has 0 saturated heterocycles. The average Bonchev–Trinajstić information content (AvgIpc) is 2.41. The van der Waals surface area contributed by atoms with Crippen molar-refractivity contribution in [1.29, 1.82) is 0 Å². The van der Waals surface area contributed by atoms with Crippen LogP contribution in [-0.4, -0.2) is 8.42 Å². The van der Waals surface area contributed by atoms with Gasteiger partial charge in [-0.1, -0.05) is 32.9 Å². The summed E-state index contributed by atoms with van der Waals surface area (Å²) >= 11 is 0. The Morgan fingerprint density at radius 1 is 1.05 bits per heavy atom. The summed E-state index contributed by atoms with van der Waals surface area (Å²) in [6.07, 6.45) is 0. The number of nitrogens with two attached hydrogens (primary N) is 1. The van der Waals surface area contributed by atoms with Gasteiger partial charge in [-0.25, -0.2) is 12.8 Å². The molecule has 118 valence electrons. The summed E-state index contributed by atoms with van der Waals surface area (Å²) in [6, 6.07) is 10.2. The van der Waals surface area contributed by atoms with Crippen LogP contribution in [0.25, 0.3) is 0 Å². The van der Waals surface area contributed by atoms with Crippen LogP contribution in [0, 0.1) is 5.82 Å². The minimum Gasteiger partial charge on any atom is -0.397 e. The molecule has 0 aromatic heterocycles. The summed E-state index contributed by atoms with van der Waals surface area (Å²) in [5.74, 6) is -0.519. The molecule has 6 heteroatoms. The zero-order valence-electron chi connectivity index (χ0n) is 12.7. The molecule has 2 aromatic carbocycles. The molecule has 0 heterocycles. The molecule has 0 bridgehead atoms. The van der Waals surface area contributed by atoms with E-state index in [0.717, 1.165) is 17.7 Å². The van der Waals surface area contributed by atoms with E-state index in [2.05, 4.69) is 4.72 Å². The maximum atomic E-state index is 13.0. The smallest absolute Gasteiger partial charge is 0.261 e. The molecule has 0 atom stereocenters. The molecule has 0 fully saturated rings. The molecular weight excluding hydrogens is 303 g/mol. The lowest BCUT2D eigenvalue weighted by Gasteiger charge is -2.19. The van der Waals surface area contributed by atoms with Crippen LogP contribution in [0.2, 0.25) is 0 Å². The molecule has 2 aromatic rings. The van der Waals surface area contributed by atoms with E-state index in [4.69, 9.17) is 5.73 Å². The number of hydrogen-bond acceptors (Lipinski definition) is 3. The molecule has 22 heavy (non-hydrogen) atoms. The molecule has 0 aliphatic rings. The van der Waals surface area contributed by atoms with E-state index in [9.17, 15) is 12.8 Å². The van der Waals surface area contributed by atoms with E-state index in [1.165, 1.54) is 6.07 Å². The quantitative estimate of drug-likeness (QED) is 0.849. The minimum absolute atomic E-state index is 0.0369. The lowest BCUT2D eigenvalue weighted by atomic mass is 9.87. The monoisotopic (exact) mass is 322 g/mol. The summed E-state index contributed by atoms with van der Waals surface area (Å²) in [7, 11) is -3.76. The van der Waals surface area contributed by atoms with Gasteiger partial charge >= 0.3 is 0 Å². The SMILES string of the molecule is CC(C)(C)c1ccc(S(=O)(=O)Nc2ccc(F)cc2N)cc1. The highest BCUT2D eigenvalue weighted by Crippen LogP contribution is 2.26. The number of nitrogen functional groups attached to an aromatic ring is 1. The molecule has 3 N–H and O–H groups in total. The second-order valence-corrected chi connectivity index (χ2v) is 7.79. The second kappa shape index (κ2) is 5.61. The van der Waals surface area contributed by atoms with Crippen LogP contribution in [-0.2, 0) is 15.4 Å². The number of hydrogen-bond donors (Lipinski definition) is 2. The predicted octanol–water partition coefficient (Wildman–Crippen LogP) is 3.51. The fourth-order valence-corrected chi connectivity index (χ4v) is 3.05. The summed E-state index contributed by atoms with van der Waals surface area (Å²) in [6.45, 7) is 6.15. The molecule has 0 aliphatic carbocycles. The molecule has 0 unspecified atom stereocenters. The Bertz CT molecular complexity index is 779. The number of halogens is 1. The van der Waals surface area contributed by atoms with E-state index in [1.807, 2.05) is 20.8 Å². The van der Waals surface area contributed by atoms with Crippen LogP contribution in [0.5, 0.6) is 0 Å². The van der Waals surface area contributed by atoms with Crippen molar-refractivity contribution in [3.05, 3.63) is 53.8 Å². The largest absolute Gasteiger partial charge is 0.397 e. The Kier molecular flexibility index (Phi) is 4.15. The standard InChI is InChI=1S/C16H19FN2O2S/c1-16(2,3)11-4-7-13(8-5-11)22(20,21)19-15-9-6-12(17)10-14(15)18/h4-10,19H,18H2,1-3H3. The Balaban J connectivity index is 2.31. The van der Waals surface area contributed by atoms with E-state index in [0.29, 0.717) is 0 Å². The van der Waals surface area contributed by atoms with E-state index < -0.39 is 15.8 Å². The van der Waals surface area contributed by atoms with Gasteiger partial charge in [-0.3, -0.25) is 4.72 Å². The van der Waals surface area contributed by atoms with Crippen LogP contribution in [0.3, 0.4) is 0 Å². The van der Waals surface area contributed by atoms with Gasteiger partial charge in [0.1, 0.15) is 5.82 Å². The van der Waals surface area contributed by atoms with Gasteiger partial charge < -0.3 is 5.73 Å². The molecule has 0 radical (unpaired) electrons. The first-order valence-electron chi connectivity index (χ1n) is 6.78. The minimum atomic E-state index is -3.76. The summed E-state index contributed by atoms with van der Waals surface area (Å²) in [5, 5.41) is 0. The van der Waals surface area contributed by atoms with Gasteiger partial charge in [0.25, 0.3) is 10.0 Å². The molecule has 4 nitrogen and oxygen atoms in total. The van der Waals surface area contributed by atoms with Gasteiger partial charge in [-0.05, 0) is 41.3 Å². The van der Waals surface area contributed by atoms with Crippen LogP contribution < -0.4 is 10.5 Å². The first kappa shape index (κ1) is 16.3. The van der Waals surface area contributed by atoms with Gasteiger partial charge in [-0.15, -0.1) is 0 Å². The van der Waals surface area contributed by atoms with Crippen molar-refractivity contribution >= 4 is 21.4 Å². The lowest BCUT2D eigenvalue weighted by molar-refractivity contribution is 0.587. The first-order chi connectivity index (χ1) is 10.1. The summed E-state index contributed by atoms with van der Waals surface area (Å²) in [5.41, 5.74) is 6.79. The van der Waals surface area contributed by atoms with Crippen LogP contribution in [0.4, 0.5) is 15.8 Å². The number of rotatable bonds is 3. The van der Waals surface area contributed by atoms with Crippen LogP contribution in [0.15, 0.2) is 47.4 Å². The van der Waals surface area contributed by atoms with Gasteiger partial charge in [-0.2, -0.15) is 0 Å². The van der Waals surface area contributed by atoms with Crippen LogP contribution >= 0.6 is 0 Å². The number of nitrogens with one attached hydrogen (secondary N) is 1. The highest BCUT2D eigenvalue weighted by molar-refractivity contribution is 7.92. The normalized spacial score (nSPS) is 12.2. The lowest BCUT2D eigenvalue weighted by Crippen LogP contribution is -2.15. The molecule has 2 rings (SSSR count). The van der Waals surface area contributed by atoms with E-state index in [1.54, 1.807) is 24.3 Å².